The van der Waals surface area contributed by atoms with Gasteiger partial charge in [0.2, 0.25) is 5.91 Å². The summed E-state index contributed by atoms with van der Waals surface area (Å²) in [5.41, 5.74) is 0.0890. The monoisotopic (exact) mass is 427 g/mol. The zero-order valence-corrected chi connectivity index (χ0v) is 18.9. The number of urea groups is 1. The molecule has 1 aromatic rings. The molecule has 2 saturated carbocycles. The van der Waals surface area contributed by atoms with Gasteiger partial charge in [-0.2, -0.15) is 0 Å². The minimum atomic E-state index is -0.876. The van der Waals surface area contributed by atoms with E-state index in [4.69, 9.17) is 4.74 Å². The van der Waals surface area contributed by atoms with E-state index in [1.165, 1.54) is 0 Å². The van der Waals surface area contributed by atoms with Crippen molar-refractivity contribution in [3.05, 3.63) is 29.8 Å². The molecule has 4 rings (SSSR count). The largest absolute Gasteiger partial charge is 0.497 e. The van der Waals surface area contributed by atoms with Gasteiger partial charge in [0.05, 0.1) is 7.11 Å². The van der Waals surface area contributed by atoms with Crippen LogP contribution in [-0.2, 0) is 16.1 Å². The third-order valence-electron chi connectivity index (χ3n) is 6.74. The van der Waals surface area contributed by atoms with Crippen molar-refractivity contribution < 1.29 is 19.1 Å². The highest BCUT2D eigenvalue weighted by atomic mass is 16.5. The molecule has 31 heavy (non-hydrogen) atoms. The number of rotatable bonds is 6. The Morgan fingerprint density at radius 3 is 2.45 bits per heavy atom. The third kappa shape index (κ3) is 4.41. The number of ether oxygens (including phenoxy) is 1. The summed E-state index contributed by atoms with van der Waals surface area (Å²) in [6.45, 7) is 6.67. The van der Waals surface area contributed by atoms with Crippen LogP contribution in [0.1, 0.15) is 58.4 Å². The van der Waals surface area contributed by atoms with Crippen molar-refractivity contribution in [2.45, 2.75) is 71.0 Å². The number of hydrogen-bond acceptors (Lipinski definition) is 4. The first-order chi connectivity index (χ1) is 14.6. The minimum Gasteiger partial charge on any atom is -0.497 e. The number of carbonyl (C=O) groups excluding carboxylic acids is 3. The van der Waals surface area contributed by atoms with Crippen LogP contribution in [0, 0.1) is 11.3 Å². The first-order valence-corrected chi connectivity index (χ1v) is 11.2. The van der Waals surface area contributed by atoms with Gasteiger partial charge >= 0.3 is 6.03 Å². The molecular weight excluding hydrogens is 394 g/mol. The van der Waals surface area contributed by atoms with Gasteiger partial charge in [-0.15, -0.1) is 0 Å². The van der Waals surface area contributed by atoms with Gasteiger partial charge in [-0.05, 0) is 61.1 Å². The maximum atomic E-state index is 13.4. The summed E-state index contributed by atoms with van der Waals surface area (Å²) in [5.74, 6) is 0.677. The molecule has 1 aromatic carbocycles. The first kappa shape index (κ1) is 21.7. The second kappa shape index (κ2) is 7.84. The highest BCUT2D eigenvalue weighted by Crippen LogP contribution is 2.46. The Morgan fingerprint density at radius 1 is 1.19 bits per heavy atom. The molecule has 0 aromatic heterocycles. The third-order valence-corrected chi connectivity index (χ3v) is 6.74. The van der Waals surface area contributed by atoms with Crippen LogP contribution in [0.25, 0.3) is 0 Å². The van der Waals surface area contributed by atoms with Gasteiger partial charge in [-0.3, -0.25) is 14.5 Å². The molecule has 3 aliphatic rings. The zero-order chi connectivity index (χ0) is 22.4. The topological polar surface area (TPSA) is 79.0 Å². The Morgan fingerprint density at radius 2 is 1.87 bits per heavy atom. The molecule has 0 radical (unpaired) electrons. The summed E-state index contributed by atoms with van der Waals surface area (Å²) in [4.78, 5) is 42.2. The SMILES string of the molecule is COc1ccc(CN(C(=O)CN2C(=O)NC3(CC(C)CC(C)(C)C3)C2=O)C2CC2)cc1. The van der Waals surface area contributed by atoms with Gasteiger partial charge in [0.15, 0.2) is 0 Å². The van der Waals surface area contributed by atoms with Crippen molar-refractivity contribution in [1.82, 2.24) is 15.1 Å². The average molecular weight is 428 g/mol. The summed E-state index contributed by atoms with van der Waals surface area (Å²) >= 11 is 0. The fraction of sp³-hybridized carbons (Fsp3) is 0.625. The molecule has 7 nitrogen and oxygen atoms in total. The van der Waals surface area contributed by atoms with Gasteiger partial charge in [-0.25, -0.2) is 4.79 Å². The Balaban J connectivity index is 1.47. The second-order valence-corrected chi connectivity index (χ2v) is 10.4. The van der Waals surface area contributed by atoms with Crippen molar-refractivity contribution in [2.75, 3.05) is 13.7 Å². The smallest absolute Gasteiger partial charge is 0.325 e. The lowest BCUT2D eigenvalue weighted by atomic mass is 9.64. The summed E-state index contributed by atoms with van der Waals surface area (Å²) in [6.07, 6.45) is 4.17. The fourth-order valence-electron chi connectivity index (χ4n) is 5.61. The fourth-order valence-corrected chi connectivity index (χ4v) is 5.61. The Hall–Kier alpha value is -2.57. The molecule has 168 valence electrons. The summed E-state index contributed by atoms with van der Waals surface area (Å²) in [6, 6.07) is 7.36. The lowest BCUT2D eigenvalue weighted by Crippen LogP contribution is -2.54. The summed E-state index contributed by atoms with van der Waals surface area (Å²) in [5, 5.41) is 2.96. The van der Waals surface area contributed by atoms with Crippen LogP contribution < -0.4 is 10.1 Å². The van der Waals surface area contributed by atoms with E-state index in [0.717, 1.165) is 35.5 Å². The zero-order valence-electron chi connectivity index (χ0n) is 18.9. The highest BCUT2D eigenvalue weighted by molar-refractivity contribution is 6.09. The number of imide groups is 1. The van der Waals surface area contributed by atoms with E-state index in [1.807, 2.05) is 24.3 Å². The van der Waals surface area contributed by atoms with Crippen LogP contribution in [-0.4, -0.2) is 52.9 Å². The number of methoxy groups -OCH3 is 1. The molecule has 1 heterocycles. The van der Waals surface area contributed by atoms with Gasteiger partial charge in [0, 0.05) is 12.6 Å². The summed E-state index contributed by atoms with van der Waals surface area (Å²) < 4.78 is 5.20. The number of carbonyl (C=O) groups is 3. The van der Waals surface area contributed by atoms with Crippen molar-refractivity contribution >= 4 is 17.8 Å². The first-order valence-electron chi connectivity index (χ1n) is 11.2. The van der Waals surface area contributed by atoms with Crippen molar-refractivity contribution in [3.63, 3.8) is 0 Å². The van der Waals surface area contributed by atoms with Crippen LogP contribution in [0.15, 0.2) is 24.3 Å². The van der Waals surface area contributed by atoms with Crippen molar-refractivity contribution in [2.24, 2.45) is 11.3 Å². The summed E-state index contributed by atoms with van der Waals surface area (Å²) in [7, 11) is 1.62. The quantitative estimate of drug-likeness (QED) is 0.707. The van der Waals surface area contributed by atoms with Crippen LogP contribution in [0.5, 0.6) is 5.75 Å². The number of amides is 4. The number of hydrogen-bond donors (Lipinski definition) is 1. The lowest BCUT2D eigenvalue weighted by Gasteiger charge is -2.43. The molecule has 1 saturated heterocycles. The van der Waals surface area contributed by atoms with Gasteiger partial charge < -0.3 is 15.0 Å². The van der Waals surface area contributed by atoms with E-state index in [-0.39, 0.29) is 29.8 Å². The molecule has 4 amide bonds. The number of nitrogens with one attached hydrogen (secondary N) is 1. The van der Waals surface area contributed by atoms with Crippen LogP contribution in [0.2, 0.25) is 0 Å². The Labute approximate surface area is 184 Å². The van der Waals surface area contributed by atoms with E-state index in [9.17, 15) is 14.4 Å². The maximum Gasteiger partial charge on any atom is 0.325 e. The van der Waals surface area contributed by atoms with E-state index < -0.39 is 11.6 Å². The van der Waals surface area contributed by atoms with E-state index in [1.54, 1.807) is 12.0 Å². The molecular formula is C24H33N3O4. The Kier molecular flexibility index (Phi) is 5.48. The van der Waals surface area contributed by atoms with Crippen LogP contribution in [0.3, 0.4) is 0 Å². The molecule has 2 aliphatic carbocycles. The number of benzene rings is 1. The average Bonchev–Trinajstić information content (AvgIpc) is 3.50. The molecule has 3 fully saturated rings. The second-order valence-electron chi connectivity index (χ2n) is 10.4. The van der Waals surface area contributed by atoms with E-state index >= 15 is 0 Å². The standard InChI is InChI=1S/C24H33N3O4/c1-16-11-23(2,3)15-24(12-16)21(29)27(22(30)25-24)14-20(28)26(18-7-8-18)13-17-5-9-19(31-4)10-6-17/h5-6,9-10,16,18H,7-8,11-15H2,1-4H3,(H,25,30). The molecule has 2 unspecified atom stereocenters. The predicted molar refractivity (Wildman–Crippen MR) is 116 cm³/mol. The van der Waals surface area contributed by atoms with E-state index in [0.29, 0.717) is 25.3 Å². The van der Waals surface area contributed by atoms with Gasteiger partial charge in [-0.1, -0.05) is 32.9 Å². The lowest BCUT2D eigenvalue weighted by molar-refractivity contribution is -0.141. The van der Waals surface area contributed by atoms with Crippen molar-refractivity contribution in [1.29, 1.82) is 0 Å². The van der Waals surface area contributed by atoms with Crippen molar-refractivity contribution in [3.8, 4) is 5.75 Å². The van der Waals surface area contributed by atoms with Crippen LogP contribution in [0.4, 0.5) is 4.79 Å². The molecule has 2 atom stereocenters. The predicted octanol–water partition coefficient (Wildman–Crippen LogP) is 3.32. The highest BCUT2D eigenvalue weighted by Gasteiger charge is 2.56. The van der Waals surface area contributed by atoms with Crippen LogP contribution >= 0.6 is 0 Å². The maximum absolute atomic E-state index is 13.4. The molecule has 0 bridgehead atoms. The van der Waals surface area contributed by atoms with E-state index in [2.05, 4.69) is 26.1 Å². The minimum absolute atomic E-state index is 0.0327. The molecule has 1 spiro atoms. The van der Waals surface area contributed by atoms with Gasteiger partial charge in [0.1, 0.15) is 17.8 Å². The number of nitrogens with zero attached hydrogens (tertiary/aromatic N) is 2. The molecule has 1 aliphatic heterocycles. The Bertz CT molecular complexity index is 877. The van der Waals surface area contributed by atoms with Gasteiger partial charge in [0.25, 0.3) is 5.91 Å². The normalized spacial score (nSPS) is 27.4. The molecule has 1 N–H and O–H groups in total. The molecule has 7 heteroatoms.